The molecule has 6 nitrogen and oxygen atoms in total. The van der Waals surface area contributed by atoms with Crippen LogP contribution in [0, 0.1) is 0 Å². The van der Waals surface area contributed by atoms with E-state index < -0.39 is 0 Å². The van der Waals surface area contributed by atoms with Crippen LogP contribution in [0.2, 0.25) is 0 Å². The summed E-state index contributed by atoms with van der Waals surface area (Å²) < 4.78 is 10.5. The fourth-order valence-electron chi connectivity index (χ4n) is 1.73. The number of rotatable bonds is 3. The van der Waals surface area contributed by atoms with Crippen molar-refractivity contribution >= 4 is 11.6 Å². The summed E-state index contributed by atoms with van der Waals surface area (Å²) in [4.78, 5) is 8.01. The Hall–Kier alpha value is -1.56. The Morgan fingerprint density at radius 3 is 3.00 bits per heavy atom. The Labute approximate surface area is 94.2 Å². The molecule has 1 fully saturated rings. The zero-order chi connectivity index (χ0) is 11.6. The fraction of sp³-hybridized carbons (Fsp3) is 0.600. The van der Waals surface area contributed by atoms with E-state index in [-0.39, 0.29) is 5.54 Å². The van der Waals surface area contributed by atoms with Gasteiger partial charge in [-0.1, -0.05) is 0 Å². The third-order valence-electron chi connectivity index (χ3n) is 2.67. The van der Waals surface area contributed by atoms with Crippen LogP contribution in [0.15, 0.2) is 6.33 Å². The number of nitrogens with two attached hydrogens (primary N) is 1. The molecule has 2 heterocycles. The van der Waals surface area contributed by atoms with Gasteiger partial charge in [-0.3, -0.25) is 0 Å². The zero-order valence-corrected chi connectivity index (χ0v) is 9.49. The van der Waals surface area contributed by atoms with Gasteiger partial charge >= 0.3 is 0 Å². The molecule has 3 N–H and O–H groups in total. The molecule has 6 heteroatoms. The van der Waals surface area contributed by atoms with Crippen LogP contribution in [0.4, 0.5) is 11.6 Å². The number of nitrogens with one attached hydrogen (secondary N) is 1. The molecule has 0 aromatic carbocycles. The second kappa shape index (κ2) is 4.13. The van der Waals surface area contributed by atoms with Crippen molar-refractivity contribution < 1.29 is 9.47 Å². The van der Waals surface area contributed by atoms with Crippen molar-refractivity contribution in [3.8, 4) is 5.75 Å². The van der Waals surface area contributed by atoms with Crippen LogP contribution in [0.1, 0.15) is 13.3 Å². The number of methoxy groups -OCH3 is 1. The monoisotopic (exact) mass is 224 g/mol. The second-order valence-corrected chi connectivity index (χ2v) is 4.13. The van der Waals surface area contributed by atoms with Crippen LogP contribution < -0.4 is 15.8 Å². The maximum atomic E-state index is 5.70. The Morgan fingerprint density at radius 1 is 1.56 bits per heavy atom. The first kappa shape index (κ1) is 10.9. The van der Waals surface area contributed by atoms with Crippen LogP contribution >= 0.6 is 0 Å². The van der Waals surface area contributed by atoms with Gasteiger partial charge in [0.25, 0.3) is 0 Å². The lowest BCUT2D eigenvalue weighted by Crippen LogP contribution is -2.35. The Kier molecular flexibility index (Phi) is 2.82. The van der Waals surface area contributed by atoms with Gasteiger partial charge < -0.3 is 20.5 Å². The third-order valence-corrected chi connectivity index (χ3v) is 2.67. The molecule has 0 spiro atoms. The summed E-state index contributed by atoms with van der Waals surface area (Å²) in [6.45, 7) is 3.49. The van der Waals surface area contributed by atoms with Crippen LogP contribution in [0.5, 0.6) is 5.75 Å². The van der Waals surface area contributed by atoms with Gasteiger partial charge in [-0.25, -0.2) is 9.97 Å². The highest BCUT2D eigenvalue weighted by molar-refractivity contribution is 5.62. The average molecular weight is 224 g/mol. The molecule has 1 aliphatic rings. The van der Waals surface area contributed by atoms with Crippen molar-refractivity contribution in [2.75, 3.05) is 31.4 Å². The summed E-state index contributed by atoms with van der Waals surface area (Å²) >= 11 is 0. The van der Waals surface area contributed by atoms with E-state index in [2.05, 4.69) is 22.2 Å². The highest BCUT2D eigenvalue weighted by Gasteiger charge is 2.31. The molecule has 1 aromatic rings. The van der Waals surface area contributed by atoms with E-state index in [9.17, 15) is 0 Å². The molecule has 16 heavy (non-hydrogen) atoms. The highest BCUT2D eigenvalue weighted by atomic mass is 16.5. The smallest absolute Gasteiger partial charge is 0.203 e. The average Bonchev–Trinajstić information content (AvgIpc) is 2.65. The molecule has 1 aromatic heterocycles. The van der Waals surface area contributed by atoms with E-state index in [0.717, 1.165) is 13.0 Å². The highest BCUT2D eigenvalue weighted by Crippen LogP contribution is 2.31. The van der Waals surface area contributed by atoms with Crippen molar-refractivity contribution in [2.45, 2.75) is 18.9 Å². The van der Waals surface area contributed by atoms with Crippen molar-refractivity contribution in [3.63, 3.8) is 0 Å². The number of nitrogens with zero attached hydrogens (tertiary/aromatic N) is 2. The maximum absolute atomic E-state index is 5.70. The number of aromatic nitrogens is 2. The molecule has 1 unspecified atom stereocenters. The summed E-state index contributed by atoms with van der Waals surface area (Å²) in [6, 6.07) is 0. The normalized spacial score (nSPS) is 24.4. The van der Waals surface area contributed by atoms with E-state index in [4.69, 9.17) is 15.2 Å². The molecular formula is C10H16N4O2. The lowest BCUT2D eigenvalue weighted by Gasteiger charge is -2.25. The lowest BCUT2D eigenvalue weighted by atomic mass is 10.0. The summed E-state index contributed by atoms with van der Waals surface area (Å²) in [6.07, 6.45) is 2.35. The largest absolute Gasteiger partial charge is 0.490 e. The molecule has 0 radical (unpaired) electrons. The third kappa shape index (κ3) is 2.01. The molecule has 88 valence electrons. The molecule has 1 aliphatic heterocycles. The van der Waals surface area contributed by atoms with Crippen LogP contribution in [0.3, 0.4) is 0 Å². The quantitative estimate of drug-likeness (QED) is 0.784. The van der Waals surface area contributed by atoms with Crippen molar-refractivity contribution in [1.29, 1.82) is 0 Å². The number of hydrogen-bond donors (Lipinski definition) is 2. The summed E-state index contributed by atoms with van der Waals surface area (Å²) in [5, 5.41) is 3.30. The number of anilines is 2. The first-order valence-electron chi connectivity index (χ1n) is 5.15. The van der Waals surface area contributed by atoms with Gasteiger partial charge in [0.1, 0.15) is 6.33 Å². The van der Waals surface area contributed by atoms with Gasteiger partial charge in [0, 0.05) is 6.61 Å². The second-order valence-electron chi connectivity index (χ2n) is 4.13. The molecule has 0 amide bonds. The molecule has 2 rings (SSSR count). The molecule has 0 saturated carbocycles. The van der Waals surface area contributed by atoms with Crippen molar-refractivity contribution in [2.24, 2.45) is 0 Å². The van der Waals surface area contributed by atoms with Crippen LogP contribution in [0.25, 0.3) is 0 Å². The van der Waals surface area contributed by atoms with Gasteiger partial charge in [-0.05, 0) is 13.3 Å². The van der Waals surface area contributed by atoms with Gasteiger partial charge in [-0.2, -0.15) is 0 Å². The van der Waals surface area contributed by atoms with Gasteiger partial charge in [-0.15, -0.1) is 0 Å². The Balaban J connectivity index is 2.23. The topological polar surface area (TPSA) is 82.3 Å². The lowest BCUT2D eigenvalue weighted by molar-refractivity contribution is 0.185. The summed E-state index contributed by atoms with van der Waals surface area (Å²) in [7, 11) is 1.55. The molecule has 0 aliphatic carbocycles. The van der Waals surface area contributed by atoms with Gasteiger partial charge in [0.2, 0.25) is 5.75 Å². The van der Waals surface area contributed by atoms with Gasteiger partial charge in [0.15, 0.2) is 11.6 Å². The molecule has 0 bridgehead atoms. The predicted octanol–water partition coefficient (Wildman–Crippen LogP) is 0.658. The van der Waals surface area contributed by atoms with E-state index >= 15 is 0 Å². The van der Waals surface area contributed by atoms with Crippen LogP contribution in [-0.4, -0.2) is 35.8 Å². The Morgan fingerprint density at radius 2 is 2.38 bits per heavy atom. The SMILES string of the molecule is COc1c(N)ncnc1NC1(C)CCOC1. The first-order chi connectivity index (χ1) is 7.64. The molecular weight excluding hydrogens is 208 g/mol. The summed E-state index contributed by atoms with van der Waals surface area (Å²) in [5.74, 6) is 1.43. The van der Waals surface area contributed by atoms with E-state index in [1.807, 2.05) is 0 Å². The fourth-order valence-corrected chi connectivity index (χ4v) is 1.73. The Bertz CT molecular complexity index is 377. The number of hydrogen-bond acceptors (Lipinski definition) is 6. The maximum Gasteiger partial charge on any atom is 0.203 e. The number of ether oxygens (including phenoxy) is 2. The standard InChI is InChI=1S/C10H16N4O2/c1-10(3-4-16-5-10)14-9-7(15-2)8(11)12-6-13-9/h6H,3-5H2,1-2H3,(H3,11,12,13,14). The predicted molar refractivity (Wildman–Crippen MR) is 60.5 cm³/mol. The number of nitrogen functional groups attached to an aromatic ring is 1. The van der Waals surface area contributed by atoms with E-state index in [0.29, 0.717) is 24.0 Å². The first-order valence-corrected chi connectivity index (χ1v) is 5.15. The minimum absolute atomic E-state index is 0.117. The minimum atomic E-state index is -0.117. The van der Waals surface area contributed by atoms with Gasteiger partial charge in [0.05, 0.1) is 19.3 Å². The van der Waals surface area contributed by atoms with Crippen molar-refractivity contribution in [3.05, 3.63) is 6.33 Å². The molecule has 1 saturated heterocycles. The molecule has 1 atom stereocenters. The summed E-state index contributed by atoms with van der Waals surface area (Å²) in [5.41, 5.74) is 5.58. The minimum Gasteiger partial charge on any atom is -0.490 e. The van der Waals surface area contributed by atoms with E-state index in [1.165, 1.54) is 6.33 Å². The van der Waals surface area contributed by atoms with E-state index in [1.54, 1.807) is 7.11 Å². The van der Waals surface area contributed by atoms with Crippen LogP contribution in [-0.2, 0) is 4.74 Å². The van der Waals surface area contributed by atoms with Crippen molar-refractivity contribution in [1.82, 2.24) is 9.97 Å². The zero-order valence-electron chi connectivity index (χ0n) is 9.49.